The number of nitrogens with zero attached hydrogens (tertiary/aromatic N) is 3. The molecule has 0 aliphatic rings. The third-order valence-corrected chi connectivity index (χ3v) is 2.62. The average Bonchev–Trinajstić information content (AvgIpc) is 2.63. The molecule has 5 heteroatoms. The molecule has 0 saturated heterocycles. The molecular weight excluding hydrogens is 216 g/mol. The van der Waals surface area contributed by atoms with Crippen LogP contribution in [0.15, 0.2) is 22.8 Å². The second kappa shape index (κ2) is 4.45. The van der Waals surface area contributed by atoms with E-state index in [1.165, 1.54) is 0 Å². The number of aromatic nitrogens is 2. The van der Waals surface area contributed by atoms with Crippen LogP contribution in [-0.2, 0) is 6.54 Å². The molecule has 17 heavy (non-hydrogen) atoms. The molecule has 2 heterocycles. The van der Waals surface area contributed by atoms with E-state index in [4.69, 9.17) is 10.2 Å². The number of aryl methyl sites for hydroxylation is 2. The summed E-state index contributed by atoms with van der Waals surface area (Å²) in [6.45, 7) is 4.58. The third kappa shape index (κ3) is 2.55. The highest BCUT2D eigenvalue weighted by molar-refractivity contribution is 5.43. The molecule has 0 spiro atoms. The zero-order chi connectivity index (χ0) is 12.4. The largest absolute Gasteiger partial charge is 0.469 e. The predicted octanol–water partition coefficient (Wildman–Crippen LogP) is 1.91. The molecule has 0 radical (unpaired) electrons. The van der Waals surface area contributed by atoms with Crippen LogP contribution in [0.2, 0.25) is 0 Å². The molecule has 0 aromatic carbocycles. The summed E-state index contributed by atoms with van der Waals surface area (Å²) < 4.78 is 5.26. The van der Waals surface area contributed by atoms with Crippen LogP contribution in [0.3, 0.4) is 0 Å². The van der Waals surface area contributed by atoms with E-state index < -0.39 is 0 Å². The lowest BCUT2D eigenvalue weighted by molar-refractivity contribution is 0.529. The molecule has 2 aromatic rings. The van der Waals surface area contributed by atoms with E-state index in [1.807, 2.05) is 37.9 Å². The minimum absolute atomic E-state index is 0.302. The van der Waals surface area contributed by atoms with Crippen molar-refractivity contribution in [3.8, 4) is 0 Å². The van der Waals surface area contributed by atoms with Crippen molar-refractivity contribution < 1.29 is 4.42 Å². The Morgan fingerprint density at radius 1 is 1.35 bits per heavy atom. The zero-order valence-corrected chi connectivity index (χ0v) is 10.3. The summed E-state index contributed by atoms with van der Waals surface area (Å²) >= 11 is 0. The molecule has 0 fully saturated rings. The molecule has 0 saturated carbocycles. The molecule has 0 bridgehead atoms. The Kier molecular flexibility index (Phi) is 2.99. The smallest absolute Gasteiger partial charge is 0.222 e. The molecule has 0 atom stereocenters. The second-order valence-corrected chi connectivity index (χ2v) is 4.08. The minimum Gasteiger partial charge on any atom is -0.469 e. The maximum Gasteiger partial charge on any atom is 0.222 e. The van der Waals surface area contributed by atoms with Gasteiger partial charge in [0.25, 0.3) is 0 Å². The molecular formula is C12H16N4O. The monoisotopic (exact) mass is 232 g/mol. The van der Waals surface area contributed by atoms with E-state index in [2.05, 4.69) is 9.97 Å². The summed E-state index contributed by atoms with van der Waals surface area (Å²) in [5, 5.41) is 0. The molecule has 0 aliphatic carbocycles. The molecule has 0 aliphatic heterocycles. The van der Waals surface area contributed by atoms with Crippen molar-refractivity contribution in [2.24, 2.45) is 0 Å². The molecule has 90 valence electrons. The van der Waals surface area contributed by atoms with Gasteiger partial charge in [-0.3, -0.25) is 0 Å². The van der Waals surface area contributed by atoms with Gasteiger partial charge in [0.15, 0.2) is 0 Å². The Morgan fingerprint density at radius 3 is 2.71 bits per heavy atom. The van der Waals surface area contributed by atoms with Crippen molar-refractivity contribution in [2.45, 2.75) is 20.4 Å². The molecule has 2 rings (SSSR count). The fraction of sp³-hybridized carbons (Fsp3) is 0.333. The van der Waals surface area contributed by atoms with Crippen LogP contribution in [0.25, 0.3) is 0 Å². The number of nitrogen functional groups attached to an aromatic ring is 1. The molecule has 0 amide bonds. The van der Waals surface area contributed by atoms with Crippen LogP contribution in [0.4, 0.5) is 11.8 Å². The van der Waals surface area contributed by atoms with Crippen LogP contribution >= 0.6 is 0 Å². The van der Waals surface area contributed by atoms with Gasteiger partial charge in [0.05, 0.1) is 6.26 Å². The topological polar surface area (TPSA) is 68.2 Å². The lowest BCUT2D eigenvalue weighted by Crippen LogP contribution is -2.18. The van der Waals surface area contributed by atoms with E-state index in [0.29, 0.717) is 5.95 Å². The average molecular weight is 232 g/mol. The molecule has 5 nitrogen and oxygen atoms in total. The summed E-state index contributed by atoms with van der Waals surface area (Å²) in [5.74, 6) is 2.04. The van der Waals surface area contributed by atoms with E-state index in [9.17, 15) is 0 Å². The van der Waals surface area contributed by atoms with E-state index in [0.717, 1.165) is 29.4 Å². The predicted molar refractivity (Wildman–Crippen MR) is 66.7 cm³/mol. The van der Waals surface area contributed by atoms with Crippen molar-refractivity contribution in [2.75, 3.05) is 17.7 Å². The summed E-state index contributed by atoms with van der Waals surface area (Å²) in [4.78, 5) is 10.3. The van der Waals surface area contributed by atoms with Gasteiger partial charge in [0, 0.05) is 30.9 Å². The summed E-state index contributed by atoms with van der Waals surface area (Å²) in [6.07, 6.45) is 1.69. The van der Waals surface area contributed by atoms with Gasteiger partial charge in [-0.1, -0.05) is 0 Å². The van der Waals surface area contributed by atoms with Gasteiger partial charge in [0.1, 0.15) is 11.6 Å². The van der Waals surface area contributed by atoms with E-state index in [1.54, 1.807) is 6.26 Å². The SMILES string of the molecule is Cc1cc(N(C)Cc2ccoc2C)nc(N)n1. The summed E-state index contributed by atoms with van der Waals surface area (Å²) in [6, 6.07) is 3.87. The summed E-state index contributed by atoms with van der Waals surface area (Å²) in [5.41, 5.74) is 7.64. The highest BCUT2D eigenvalue weighted by Gasteiger charge is 2.08. The van der Waals surface area contributed by atoms with E-state index >= 15 is 0 Å². The van der Waals surface area contributed by atoms with Gasteiger partial charge in [-0.15, -0.1) is 0 Å². The first kappa shape index (κ1) is 11.4. The number of rotatable bonds is 3. The van der Waals surface area contributed by atoms with Crippen LogP contribution in [0, 0.1) is 13.8 Å². The van der Waals surface area contributed by atoms with Crippen molar-refractivity contribution in [1.29, 1.82) is 0 Å². The lowest BCUT2D eigenvalue weighted by atomic mass is 10.2. The second-order valence-electron chi connectivity index (χ2n) is 4.08. The summed E-state index contributed by atoms with van der Waals surface area (Å²) in [7, 11) is 1.97. The minimum atomic E-state index is 0.302. The van der Waals surface area contributed by atoms with Gasteiger partial charge in [0.2, 0.25) is 5.95 Å². The Morgan fingerprint density at radius 2 is 2.12 bits per heavy atom. The number of nitrogens with two attached hydrogens (primary N) is 1. The fourth-order valence-electron chi connectivity index (χ4n) is 1.68. The van der Waals surface area contributed by atoms with Crippen LogP contribution < -0.4 is 10.6 Å². The maximum atomic E-state index is 5.63. The van der Waals surface area contributed by atoms with Gasteiger partial charge < -0.3 is 15.1 Å². The van der Waals surface area contributed by atoms with Gasteiger partial charge in [-0.2, -0.15) is 4.98 Å². The van der Waals surface area contributed by atoms with Crippen molar-refractivity contribution in [1.82, 2.24) is 9.97 Å². The van der Waals surface area contributed by atoms with Crippen molar-refractivity contribution in [3.05, 3.63) is 35.4 Å². The normalized spacial score (nSPS) is 10.5. The molecule has 2 N–H and O–H groups in total. The van der Waals surface area contributed by atoms with Gasteiger partial charge in [-0.05, 0) is 19.9 Å². The fourth-order valence-corrected chi connectivity index (χ4v) is 1.68. The maximum absolute atomic E-state index is 5.63. The first-order valence-electron chi connectivity index (χ1n) is 5.41. The Labute approximate surface area is 100 Å². The van der Waals surface area contributed by atoms with Crippen LogP contribution in [0.5, 0.6) is 0 Å². The highest BCUT2D eigenvalue weighted by Crippen LogP contribution is 2.17. The quantitative estimate of drug-likeness (QED) is 0.875. The van der Waals surface area contributed by atoms with Crippen LogP contribution in [0.1, 0.15) is 17.0 Å². The zero-order valence-electron chi connectivity index (χ0n) is 10.3. The van der Waals surface area contributed by atoms with E-state index in [-0.39, 0.29) is 0 Å². The first-order chi connectivity index (χ1) is 8.06. The van der Waals surface area contributed by atoms with Gasteiger partial charge >= 0.3 is 0 Å². The van der Waals surface area contributed by atoms with Gasteiger partial charge in [-0.25, -0.2) is 4.98 Å². The first-order valence-corrected chi connectivity index (χ1v) is 5.41. The highest BCUT2D eigenvalue weighted by atomic mass is 16.3. The van der Waals surface area contributed by atoms with Crippen LogP contribution in [-0.4, -0.2) is 17.0 Å². The number of hydrogen-bond acceptors (Lipinski definition) is 5. The molecule has 0 unspecified atom stereocenters. The molecule has 2 aromatic heterocycles. The van der Waals surface area contributed by atoms with Crippen molar-refractivity contribution in [3.63, 3.8) is 0 Å². The Balaban J connectivity index is 2.20. The standard InChI is InChI=1S/C12H16N4O/c1-8-6-11(15-12(13)14-8)16(3)7-10-4-5-17-9(10)2/h4-6H,7H2,1-3H3,(H2,13,14,15). The van der Waals surface area contributed by atoms with Crippen molar-refractivity contribution >= 4 is 11.8 Å². The number of anilines is 2. The number of furan rings is 1. The Bertz CT molecular complexity index is 501. The Hall–Kier alpha value is -2.04. The third-order valence-electron chi connectivity index (χ3n) is 2.62. The lowest BCUT2D eigenvalue weighted by Gasteiger charge is -2.18. The number of hydrogen-bond donors (Lipinski definition) is 1.